The van der Waals surface area contributed by atoms with Crippen LogP contribution in [0.4, 0.5) is 13.2 Å². The second kappa shape index (κ2) is 4.46. The highest BCUT2D eigenvalue weighted by Crippen LogP contribution is 2.33. The molecular formula is C12H9ClF3N3O. The van der Waals surface area contributed by atoms with Gasteiger partial charge >= 0.3 is 6.18 Å². The molecule has 1 N–H and O–H groups in total. The maximum Gasteiger partial charge on any atom is 0.417 e. The van der Waals surface area contributed by atoms with Gasteiger partial charge in [-0.15, -0.1) is 0 Å². The van der Waals surface area contributed by atoms with Crippen LogP contribution in [0.25, 0.3) is 10.9 Å². The number of hydrogen-bond acceptors (Lipinski definition) is 3. The van der Waals surface area contributed by atoms with Crippen LogP contribution in [-0.2, 0) is 6.18 Å². The molecule has 3 rings (SSSR count). The fourth-order valence-electron chi connectivity index (χ4n) is 2.22. The van der Waals surface area contributed by atoms with Crippen molar-refractivity contribution in [1.82, 2.24) is 14.9 Å². The Morgan fingerprint density at radius 2 is 2.05 bits per heavy atom. The molecule has 0 aliphatic carbocycles. The van der Waals surface area contributed by atoms with Crippen molar-refractivity contribution >= 4 is 22.5 Å². The van der Waals surface area contributed by atoms with Gasteiger partial charge in [-0.05, 0) is 23.7 Å². The molecule has 1 fully saturated rings. The summed E-state index contributed by atoms with van der Waals surface area (Å²) in [5, 5.41) is 2.42. The van der Waals surface area contributed by atoms with Gasteiger partial charge in [0.05, 0.1) is 22.5 Å². The molecule has 106 valence electrons. The third-order valence-corrected chi connectivity index (χ3v) is 3.58. The monoisotopic (exact) mass is 303 g/mol. The molecule has 8 heteroatoms. The lowest BCUT2D eigenvalue weighted by Crippen LogP contribution is -2.47. The van der Waals surface area contributed by atoms with Crippen LogP contribution in [0.2, 0.25) is 5.28 Å². The molecule has 0 radical (unpaired) electrons. The van der Waals surface area contributed by atoms with Gasteiger partial charge in [-0.3, -0.25) is 9.36 Å². The van der Waals surface area contributed by atoms with Crippen molar-refractivity contribution in [3.05, 3.63) is 39.4 Å². The second-order valence-electron chi connectivity index (χ2n) is 4.57. The lowest BCUT2D eigenvalue weighted by molar-refractivity contribution is -0.136. The van der Waals surface area contributed by atoms with Gasteiger partial charge < -0.3 is 5.32 Å². The predicted octanol–water partition coefficient (Wildman–Crippen LogP) is 2.21. The van der Waals surface area contributed by atoms with E-state index in [4.69, 9.17) is 11.6 Å². The highest BCUT2D eigenvalue weighted by Gasteiger charge is 2.35. The van der Waals surface area contributed by atoms with Crippen molar-refractivity contribution in [2.75, 3.05) is 13.1 Å². The number of nitrogens with zero attached hydrogens (tertiary/aromatic N) is 2. The third kappa shape index (κ3) is 1.97. The number of halogens is 4. The number of aromatic nitrogens is 2. The summed E-state index contributed by atoms with van der Waals surface area (Å²) in [5.74, 6) is 0. The second-order valence-corrected chi connectivity index (χ2v) is 4.90. The van der Waals surface area contributed by atoms with Gasteiger partial charge in [-0.1, -0.05) is 6.07 Å². The van der Waals surface area contributed by atoms with Gasteiger partial charge in [0.25, 0.3) is 5.56 Å². The molecule has 0 amide bonds. The highest BCUT2D eigenvalue weighted by atomic mass is 35.5. The minimum Gasteiger partial charge on any atom is -0.313 e. The summed E-state index contributed by atoms with van der Waals surface area (Å²) in [6, 6.07) is 3.18. The molecule has 2 heterocycles. The zero-order valence-corrected chi connectivity index (χ0v) is 10.8. The number of hydrogen-bond donors (Lipinski definition) is 1. The maximum atomic E-state index is 13.0. The Labute approximate surface area is 116 Å². The Hall–Kier alpha value is -1.60. The lowest BCUT2D eigenvalue weighted by Gasteiger charge is -2.29. The van der Waals surface area contributed by atoms with Gasteiger partial charge in [-0.2, -0.15) is 13.2 Å². The van der Waals surface area contributed by atoms with Crippen molar-refractivity contribution in [3.8, 4) is 0 Å². The van der Waals surface area contributed by atoms with E-state index in [0.29, 0.717) is 13.1 Å². The average molecular weight is 304 g/mol. The number of nitrogens with one attached hydrogen (secondary N) is 1. The van der Waals surface area contributed by atoms with E-state index in [2.05, 4.69) is 10.3 Å². The van der Waals surface area contributed by atoms with E-state index in [-0.39, 0.29) is 16.8 Å². The Bertz CT molecular complexity index is 737. The van der Waals surface area contributed by atoms with Crippen molar-refractivity contribution in [2.45, 2.75) is 12.2 Å². The quantitative estimate of drug-likeness (QED) is 0.822. The van der Waals surface area contributed by atoms with E-state index in [1.807, 2.05) is 0 Å². The largest absolute Gasteiger partial charge is 0.417 e. The standard InChI is InChI=1S/C12H9ClF3N3O/c13-11-18-8-3-1-2-7(12(14,15)16)9(8)10(20)19(11)6-4-17-5-6/h1-3,6,17H,4-5H2. The Kier molecular flexibility index (Phi) is 2.98. The summed E-state index contributed by atoms with van der Waals surface area (Å²) in [5.41, 5.74) is -1.78. The Morgan fingerprint density at radius 3 is 2.60 bits per heavy atom. The van der Waals surface area contributed by atoms with E-state index in [1.54, 1.807) is 0 Å². The summed E-state index contributed by atoms with van der Waals surface area (Å²) in [4.78, 5) is 16.3. The Morgan fingerprint density at radius 1 is 1.35 bits per heavy atom. The first-order chi connectivity index (χ1) is 9.39. The van der Waals surface area contributed by atoms with E-state index >= 15 is 0 Å². The maximum absolute atomic E-state index is 13.0. The number of rotatable bonds is 1. The summed E-state index contributed by atoms with van der Waals surface area (Å²) in [7, 11) is 0. The number of benzene rings is 1. The van der Waals surface area contributed by atoms with Gasteiger partial charge in [0, 0.05) is 13.1 Å². The van der Waals surface area contributed by atoms with Gasteiger partial charge in [0.2, 0.25) is 5.28 Å². The van der Waals surface area contributed by atoms with Crippen LogP contribution in [-0.4, -0.2) is 22.6 Å². The fraction of sp³-hybridized carbons (Fsp3) is 0.333. The van der Waals surface area contributed by atoms with E-state index < -0.39 is 22.7 Å². The van der Waals surface area contributed by atoms with Gasteiger partial charge in [-0.25, -0.2) is 4.98 Å². The minimum absolute atomic E-state index is 0.0432. The van der Waals surface area contributed by atoms with Crippen LogP contribution in [0.1, 0.15) is 11.6 Å². The minimum atomic E-state index is -4.61. The average Bonchev–Trinajstić information content (AvgIpc) is 2.30. The first kappa shape index (κ1) is 13.4. The van der Waals surface area contributed by atoms with E-state index in [0.717, 1.165) is 10.6 Å². The molecule has 1 aromatic heterocycles. The molecule has 0 unspecified atom stereocenters. The molecule has 0 saturated carbocycles. The molecule has 20 heavy (non-hydrogen) atoms. The molecule has 2 aromatic rings. The Balaban J connectivity index is 2.37. The van der Waals surface area contributed by atoms with Crippen LogP contribution >= 0.6 is 11.6 Å². The first-order valence-electron chi connectivity index (χ1n) is 5.88. The molecular weight excluding hydrogens is 295 g/mol. The van der Waals surface area contributed by atoms with Crippen molar-refractivity contribution in [2.24, 2.45) is 0 Å². The summed E-state index contributed by atoms with van der Waals surface area (Å²) in [6.07, 6.45) is -4.61. The van der Waals surface area contributed by atoms with Crippen molar-refractivity contribution in [3.63, 3.8) is 0 Å². The third-order valence-electron chi connectivity index (χ3n) is 3.32. The van der Waals surface area contributed by atoms with E-state index in [9.17, 15) is 18.0 Å². The summed E-state index contributed by atoms with van der Waals surface area (Å²) in [6.45, 7) is 0.974. The van der Waals surface area contributed by atoms with Crippen LogP contribution in [0, 0.1) is 0 Å². The molecule has 4 nitrogen and oxygen atoms in total. The van der Waals surface area contributed by atoms with Crippen LogP contribution < -0.4 is 10.9 Å². The van der Waals surface area contributed by atoms with Gasteiger partial charge in [0.1, 0.15) is 0 Å². The molecule has 1 aromatic carbocycles. The number of alkyl halides is 3. The number of fused-ring (bicyclic) bond motifs is 1. The molecule has 0 atom stereocenters. The zero-order valence-electron chi connectivity index (χ0n) is 10.0. The van der Waals surface area contributed by atoms with E-state index in [1.165, 1.54) is 12.1 Å². The SMILES string of the molecule is O=c1c2c(C(F)(F)F)cccc2nc(Cl)n1C1CNC1. The van der Waals surface area contributed by atoms with Crippen LogP contribution in [0.3, 0.4) is 0 Å². The van der Waals surface area contributed by atoms with Crippen LogP contribution in [0.15, 0.2) is 23.0 Å². The van der Waals surface area contributed by atoms with Gasteiger partial charge in [0.15, 0.2) is 0 Å². The first-order valence-corrected chi connectivity index (χ1v) is 6.26. The highest BCUT2D eigenvalue weighted by molar-refractivity contribution is 6.28. The normalized spacial score (nSPS) is 16.4. The zero-order chi connectivity index (χ0) is 14.5. The predicted molar refractivity (Wildman–Crippen MR) is 67.9 cm³/mol. The molecule has 1 aliphatic rings. The molecule has 1 saturated heterocycles. The summed E-state index contributed by atoms with van der Waals surface area (Å²) < 4.78 is 40.1. The topological polar surface area (TPSA) is 46.9 Å². The van der Waals surface area contributed by atoms with Crippen molar-refractivity contribution in [1.29, 1.82) is 0 Å². The lowest BCUT2D eigenvalue weighted by atomic mass is 10.1. The van der Waals surface area contributed by atoms with Crippen molar-refractivity contribution < 1.29 is 13.2 Å². The molecule has 0 spiro atoms. The van der Waals surface area contributed by atoms with Crippen LogP contribution in [0.5, 0.6) is 0 Å². The smallest absolute Gasteiger partial charge is 0.313 e. The fourth-order valence-corrected chi connectivity index (χ4v) is 2.53. The summed E-state index contributed by atoms with van der Waals surface area (Å²) >= 11 is 5.93. The molecule has 1 aliphatic heterocycles. The molecule has 0 bridgehead atoms.